The van der Waals surface area contributed by atoms with Crippen LogP contribution in [0.5, 0.6) is 0 Å². The molecule has 23 heavy (non-hydrogen) atoms. The Hall–Kier alpha value is -1.44. The van der Waals surface area contributed by atoms with E-state index in [4.69, 9.17) is 4.74 Å². The van der Waals surface area contributed by atoms with Crippen molar-refractivity contribution in [1.29, 1.82) is 0 Å². The molecule has 7 heteroatoms. The molecule has 0 N–H and O–H groups in total. The van der Waals surface area contributed by atoms with Crippen molar-refractivity contribution in [2.24, 2.45) is 0 Å². The molecule has 1 amide bonds. The Labute approximate surface area is 143 Å². The Morgan fingerprint density at radius 3 is 3.04 bits per heavy atom. The zero-order chi connectivity index (χ0) is 15.7. The van der Waals surface area contributed by atoms with E-state index in [1.165, 1.54) is 11.3 Å². The van der Waals surface area contributed by atoms with Gasteiger partial charge >= 0.3 is 0 Å². The van der Waals surface area contributed by atoms with Gasteiger partial charge in [0.15, 0.2) is 0 Å². The Bertz CT molecular complexity index is 672. The highest BCUT2D eigenvalue weighted by atomic mass is 32.2. The summed E-state index contributed by atoms with van der Waals surface area (Å²) in [6, 6.07) is 5.87. The van der Waals surface area contributed by atoms with Gasteiger partial charge in [0.25, 0.3) is 5.91 Å². The number of carbonyl (C=O) groups is 1. The minimum absolute atomic E-state index is 0.0512. The molecule has 0 saturated carbocycles. The molecule has 5 nitrogen and oxygen atoms in total. The molecule has 1 spiro atoms. The van der Waals surface area contributed by atoms with Crippen molar-refractivity contribution < 1.29 is 9.53 Å². The fourth-order valence-electron chi connectivity index (χ4n) is 3.09. The summed E-state index contributed by atoms with van der Waals surface area (Å²) in [4.78, 5) is 22.5. The van der Waals surface area contributed by atoms with Crippen molar-refractivity contribution in [3.8, 4) is 0 Å². The van der Waals surface area contributed by atoms with Crippen LogP contribution in [0.4, 0.5) is 0 Å². The molecule has 1 atom stereocenters. The van der Waals surface area contributed by atoms with Crippen LogP contribution >= 0.6 is 23.1 Å². The molecule has 2 aliphatic heterocycles. The first-order valence-electron chi connectivity index (χ1n) is 7.57. The molecule has 0 radical (unpaired) electrons. The molecule has 2 aromatic rings. The lowest BCUT2D eigenvalue weighted by Gasteiger charge is -2.47. The van der Waals surface area contributed by atoms with E-state index in [0.717, 1.165) is 31.0 Å². The van der Waals surface area contributed by atoms with Gasteiger partial charge in [0.2, 0.25) is 0 Å². The highest BCUT2D eigenvalue weighted by Gasteiger charge is 2.51. The number of thioether (sulfide) groups is 1. The van der Waals surface area contributed by atoms with Crippen molar-refractivity contribution in [2.45, 2.75) is 23.9 Å². The van der Waals surface area contributed by atoms with E-state index in [2.05, 4.69) is 9.97 Å². The fraction of sp³-hybridized carbons (Fsp3) is 0.438. The van der Waals surface area contributed by atoms with Crippen LogP contribution in [-0.4, -0.2) is 50.5 Å². The van der Waals surface area contributed by atoms with Gasteiger partial charge in [0, 0.05) is 30.4 Å². The Morgan fingerprint density at radius 2 is 2.30 bits per heavy atom. The lowest BCUT2D eigenvalue weighted by atomic mass is 9.92. The maximum Gasteiger partial charge on any atom is 0.273 e. The molecule has 4 rings (SSSR count). The Balaban J connectivity index is 1.27. The number of likely N-dealkylation sites (tertiary alicyclic amines) is 1. The van der Waals surface area contributed by atoms with Crippen molar-refractivity contribution in [2.75, 3.05) is 18.8 Å². The first-order chi connectivity index (χ1) is 11.2. The van der Waals surface area contributed by atoms with Crippen LogP contribution in [0.25, 0.3) is 0 Å². The zero-order valence-electron chi connectivity index (χ0n) is 12.6. The van der Waals surface area contributed by atoms with E-state index >= 15 is 0 Å². The molecular weight excluding hydrogens is 330 g/mol. The largest absolute Gasteiger partial charge is 0.371 e. The van der Waals surface area contributed by atoms with E-state index in [9.17, 15) is 4.79 Å². The van der Waals surface area contributed by atoms with Crippen LogP contribution in [0, 0.1) is 0 Å². The third kappa shape index (κ3) is 3.13. The van der Waals surface area contributed by atoms with Crippen LogP contribution in [0.3, 0.4) is 0 Å². The van der Waals surface area contributed by atoms with E-state index in [0.29, 0.717) is 12.3 Å². The van der Waals surface area contributed by atoms with Crippen molar-refractivity contribution >= 4 is 29.0 Å². The molecule has 120 valence electrons. The molecule has 0 aromatic carbocycles. The lowest BCUT2D eigenvalue weighted by molar-refractivity contribution is 0.0243. The van der Waals surface area contributed by atoms with Gasteiger partial charge in [0.1, 0.15) is 5.69 Å². The number of ether oxygens (including phenoxy) is 1. The normalized spacial score (nSPS) is 22.3. The summed E-state index contributed by atoms with van der Waals surface area (Å²) in [6.07, 6.45) is 3.04. The number of nitrogens with zero attached hydrogens (tertiary/aromatic N) is 3. The third-order valence-corrected chi connectivity index (χ3v) is 6.43. The zero-order valence-corrected chi connectivity index (χ0v) is 14.2. The van der Waals surface area contributed by atoms with E-state index in [-0.39, 0.29) is 16.8 Å². The minimum Gasteiger partial charge on any atom is -0.371 e. The fourth-order valence-corrected chi connectivity index (χ4v) is 5.17. The predicted octanol–water partition coefficient (Wildman–Crippen LogP) is 2.46. The van der Waals surface area contributed by atoms with Gasteiger partial charge in [-0.1, -0.05) is 6.07 Å². The molecule has 0 bridgehead atoms. The number of carbonyl (C=O) groups excluding carboxylic acids is 1. The van der Waals surface area contributed by atoms with Crippen molar-refractivity contribution in [3.05, 3.63) is 46.7 Å². The summed E-state index contributed by atoms with van der Waals surface area (Å²) in [7, 11) is 0. The standard InChI is InChI=1S/C16H17N3O2S2/c20-15(14-8-22-11-18-14)19-9-16(10-19)5-13(7-23-16)21-6-12-3-1-2-4-17-12/h1-4,8,11,13H,5-7,9-10H2. The van der Waals surface area contributed by atoms with Crippen molar-refractivity contribution in [3.63, 3.8) is 0 Å². The number of hydrogen-bond acceptors (Lipinski definition) is 6. The predicted molar refractivity (Wildman–Crippen MR) is 90.6 cm³/mol. The SMILES string of the molecule is O=C(c1cscn1)N1CC2(CC(OCc3ccccn3)CS2)C1. The highest BCUT2D eigenvalue weighted by molar-refractivity contribution is 8.01. The van der Waals surface area contributed by atoms with Crippen LogP contribution < -0.4 is 0 Å². The maximum absolute atomic E-state index is 12.2. The molecule has 2 fully saturated rings. The van der Waals surface area contributed by atoms with Gasteiger partial charge in [-0.3, -0.25) is 9.78 Å². The molecule has 2 aromatic heterocycles. The summed E-state index contributed by atoms with van der Waals surface area (Å²) in [5, 5.41) is 1.81. The minimum atomic E-state index is 0.0512. The summed E-state index contributed by atoms with van der Waals surface area (Å²) in [5.74, 6) is 1.04. The monoisotopic (exact) mass is 347 g/mol. The summed E-state index contributed by atoms with van der Waals surface area (Å²) < 4.78 is 6.17. The Kier molecular flexibility index (Phi) is 4.09. The number of pyridine rings is 1. The maximum atomic E-state index is 12.2. The number of aromatic nitrogens is 2. The van der Waals surface area contributed by atoms with Crippen molar-refractivity contribution in [1.82, 2.24) is 14.9 Å². The first-order valence-corrected chi connectivity index (χ1v) is 9.50. The topological polar surface area (TPSA) is 55.3 Å². The summed E-state index contributed by atoms with van der Waals surface area (Å²) in [5.41, 5.74) is 3.23. The van der Waals surface area contributed by atoms with Gasteiger partial charge in [-0.2, -0.15) is 0 Å². The number of amides is 1. The molecule has 0 aliphatic carbocycles. The quantitative estimate of drug-likeness (QED) is 0.850. The number of thiazole rings is 1. The average molecular weight is 347 g/mol. The average Bonchev–Trinajstić information content (AvgIpc) is 3.22. The summed E-state index contributed by atoms with van der Waals surface area (Å²) in [6.45, 7) is 2.17. The lowest BCUT2D eigenvalue weighted by Crippen LogP contribution is -2.60. The van der Waals surface area contributed by atoms with Crippen LogP contribution in [0.2, 0.25) is 0 Å². The number of rotatable bonds is 4. The smallest absolute Gasteiger partial charge is 0.273 e. The van der Waals surface area contributed by atoms with Crippen LogP contribution in [-0.2, 0) is 11.3 Å². The second-order valence-corrected chi connectivity index (χ2v) is 8.19. The molecule has 2 aliphatic rings. The second kappa shape index (κ2) is 6.22. The van der Waals surface area contributed by atoms with E-state index in [1.54, 1.807) is 11.7 Å². The highest BCUT2D eigenvalue weighted by Crippen LogP contribution is 2.46. The number of hydrogen-bond donors (Lipinski definition) is 0. The van der Waals surface area contributed by atoms with Gasteiger partial charge in [-0.25, -0.2) is 4.98 Å². The first kappa shape index (κ1) is 15.1. The van der Waals surface area contributed by atoms with Gasteiger partial charge < -0.3 is 9.64 Å². The van der Waals surface area contributed by atoms with Crippen LogP contribution in [0.1, 0.15) is 22.6 Å². The summed E-state index contributed by atoms with van der Waals surface area (Å²) >= 11 is 3.39. The van der Waals surface area contributed by atoms with Crippen LogP contribution in [0.15, 0.2) is 35.3 Å². The molecular formula is C16H17N3O2S2. The van der Waals surface area contributed by atoms with E-state index in [1.807, 2.05) is 40.2 Å². The van der Waals surface area contributed by atoms with Gasteiger partial charge in [-0.15, -0.1) is 23.1 Å². The molecule has 4 heterocycles. The molecule has 2 saturated heterocycles. The third-order valence-electron chi connectivity index (χ3n) is 4.26. The van der Waals surface area contributed by atoms with Gasteiger partial charge in [0.05, 0.1) is 28.7 Å². The molecule has 1 unspecified atom stereocenters. The van der Waals surface area contributed by atoms with Gasteiger partial charge in [-0.05, 0) is 18.6 Å². The van der Waals surface area contributed by atoms with E-state index < -0.39 is 0 Å². The second-order valence-electron chi connectivity index (χ2n) is 5.99. The Morgan fingerprint density at radius 1 is 1.39 bits per heavy atom.